The molecule has 1 aliphatic rings. The quantitative estimate of drug-likeness (QED) is 0.767. The maximum atomic E-state index is 13.3. The molecule has 1 fully saturated rings. The van der Waals surface area contributed by atoms with Gasteiger partial charge in [-0.1, -0.05) is 32.3 Å². The molecule has 0 spiro atoms. The molecule has 2 amide bonds. The second-order valence-corrected chi connectivity index (χ2v) is 8.53. The van der Waals surface area contributed by atoms with Crippen molar-refractivity contribution in [1.29, 1.82) is 0 Å². The summed E-state index contributed by atoms with van der Waals surface area (Å²) >= 11 is 1.58. The van der Waals surface area contributed by atoms with Gasteiger partial charge in [0.2, 0.25) is 5.91 Å². The minimum Gasteiger partial charge on any atom is -0.351 e. The van der Waals surface area contributed by atoms with Gasteiger partial charge in [-0.15, -0.1) is 11.3 Å². The molecule has 0 radical (unpaired) electrons. The third-order valence-electron chi connectivity index (χ3n) is 5.64. The third kappa shape index (κ3) is 4.58. The molecular weight excluding hydrogens is 372 g/mol. The molecule has 1 N–H and O–H groups in total. The second kappa shape index (κ2) is 9.28. The Bertz CT molecular complexity index is 775. The van der Waals surface area contributed by atoms with Gasteiger partial charge >= 0.3 is 0 Å². The Kier molecular flexibility index (Phi) is 6.78. The van der Waals surface area contributed by atoms with Gasteiger partial charge in [0.05, 0.1) is 12.7 Å². The van der Waals surface area contributed by atoms with Crippen LogP contribution in [-0.2, 0) is 11.3 Å². The van der Waals surface area contributed by atoms with Gasteiger partial charge in [0, 0.05) is 23.3 Å². The molecule has 3 rings (SSSR count). The van der Waals surface area contributed by atoms with Gasteiger partial charge < -0.3 is 10.2 Å². The minimum atomic E-state index is -0.962. The Morgan fingerprint density at radius 1 is 1.29 bits per heavy atom. The molecule has 0 saturated heterocycles. The highest BCUT2D eigenvalue weighted by atomic mass is 32.1. The molecule has 0 bridgehead atoms. The zero-order valence-corrected chi connectivity index (χ0v) is 17.4. The fraction of sp³-hybridized carbons (Fsp3) is 0.524. The highest BCUT2D eigenvalue weighted by Gasteiger charge is 2.42. The van der Waals surface area contributed by atoms with Crippen molar-refractivity contribution in [2.45, 2.75) is 70.5 Å². The van der Waals surface area contributed by atoms with Gasteiger partial charge in [0.25, 0.3) is 5.91 Å². The third-order valence-corrected chi connectivity index (χ3v) is 6.50. The van der Waals surface area contributed by atoms with Gasteiger partial charge in [0.1, 0.15) is 11.2 Å². The van der Waals surface area contributed by atoms with Crippen LogP contribution in [0.15, 0.2) is 36.1 Å². The maximum Gasteiger partial charge on any atom is 0.275 e. The number of hydrogen-bond donors (Lipinski definition) is 1. The molecule has 2 heterocycles. The first kappa shape index (κ1) is 20.5. The smallest absolute Gasteiger partial charge is 0.275 e. The predicted octanol–water partition coefficient (Wildman–Crippen LogP) is 3.80. The molecule has 0 aliphatic heterocycles. The lowest BCUT2D eigenvalue weighted by molar-refractivity contribution is -0.132. The van der Waals surface area contributed by atoms with Crippen LogP contribution < -0.4 is 5.32 Å². The second-order valence-electron chi connectivity index (χ2n) is 7.50. The van der Waals surface area contributed by atoms with Crippen molar-refractivity contribution in [3.8, 4) is 0 Å². The first-order valence-corrected chi connectivity index (χ1v) is 10.8. The molecule has 2 aromatic rings. The van der Waals surface area contributed by atoms with E-state index in [2.05, 4.69) is 15.3 Å². The van der Waals surface area contributed by atoms with Gasteiger partial charge in [-0.3, -0.25) is 14.6 Å². The highest BCUT2D eigenvalue weighted by molar-refractivity contribution is 7.09. The largest absolute Gasteiger partial charge is 0.351 e. The average molecular weight is 401 g/mol. The number of carbonyl (C=O) groups is 2. The topological polar surface area (TPSA) is 75.2 Å². The summed E-state index contributed by atoms with van der Waals surface area (Å²) < 4.78 is 0. The molecule has 28 heavy (non-hydrogen) atoms. The Morgan fingerprint density at radius 3 is 2.68 bits per heavy atom. The van der Waals surface area contributed by atoms with Crippen molar-refractivity contribution in [2.75, 3.05) is 0 Å². The molecule has 0 unspecified atom stereocenters. The van der Waals surface area contributed by atoms with Gasteiger partial charge in [-0.05, 0) is 37.6 Å². The number of thiophene rings is 1. The van der Waals surface area contributed by atoms with Crippen molar-refractivity contribution in [3.63, 3.8) is 0 Å². The molecular formula is C21H28N4O2S. The van der Waals surface area contributed by atoms with Gasteiger partial charge in [0.15, 0.2) is 0 Å². The van der Waals surface area contributed by atoms with E-state index in [1.165, 1.54) is 25.0 Å². The van der Waals surface area contributed by atoms with E-state index in [9.17, 15) is 9.59 Å². The Labute approximate surface area is 170 Å². The number of aromatic nitrogens is 2. The molecule has 7 heteroatoms. The SMILES string of the molecule is CC[C@](C)(C(=O)NC1CCCCC1)N(Cc1cccs1)C(=O)c1cnccn1. The maximum absolute atomic E-state index is 13.3. The fourth-order valence-corrected chi connectivity index (χ4v) is 4.33. The summed E-state index contributed by atoms with van der Waals surface area (Å²) in [7, 11) is 0. The van der Waals surface area contributed by atoms with Crippen molar-refractivity contribution >= 4 is 23.2 Å². The van der Waals surface area contributed by atoms with Crippen LogP contribution in [0.25, 0.3) is 0 Å². The predicted molar refractivity (Wildman–Crippen MR) is 110 cm³/mol. The van der Waals surface area contributed by atoms with Crippen LogP contribution in [0.2, 0.25) is 0 Å². The van der Waals surface area contributed by atoms with Crippen LogP contribution in [0.4, 0.5) is 0 Å². The summed E-state index contributed by atoms with van der Waals surface area (Å²) in [4.78, 5) is 37.5. The van der Waals surface area contributed by atoms with E-state index in [-0.39, 0.29) is 23.6 Å². The summed E-state index contributed by atoms with van der Waals surface area (Å²) in [5.41, 5.74) is -0.708. The highest BCUT2D eigenvalue weighted by Crippen LogP contribution is 2.27. The van der Waals surface area contributed by atoms with Crippen molar-refractivity contribution in [2.24, 2.45) is 0 Å². The molecule has 0 aromatic carbocycles. The number of hydrogen-bond acceptors (Lipinski definition) is 5. The lowest BCUT2D eigenvalue weighted by Gasteiger charge is -2.40. The fourth-order valence-electron chi connectivity index (χ4n) is 3.64. The first-order valence-electron chi connectivity index (χ1n) is 9.96. The Morgan fingerprint density at radius 2 is 2.07 bits per heavy atom. The van der Waals surface area contributed by atoms with Crippen molar-refractivity contribution in [1.82, 2.24) is 20.2 Å². The summed E-state index contributed by atoms with van der Waals surface area (Å²) in [6.45, 7) is 4.17. The van der Waals surface area contributed by atoms with E-state index in [0.717, 1.165) is 30.6 Å². The minimum absolute atomic E-state index is 0.0873. The standard InChI is InChI=1S/C21H28N4O2S/c1-3-21(2,20(27)24-16-8-5-4-6-9-16)25(15-17-10-7-13-28-17)19(26)18-14-22-11-12-23-18/h7,10-14,16H,3-6,8-9,15H2,1-2H3,(H,24,27)/t21-/m1/s1. The van der Waals surface area contributed by atoms with Crippen LogP contribution in [0.5, 0.6) is 0 Å². The van der Waals surface area contributed by atoms with E-state index in [4.69, 9.17) is 0 Å². The first-order chi connectivity index (χ1) is 13.5. The summed E-state index contributed by atoms with van der Waals surface area (Å²) in [5, 5.41) is 5.19. The number of carbonyl (C=O) groups excluding carboxylic acids is 2. The summed E-state index contributed by atoms with van der Waals surface area (Å²) in [6, 6.07) is 4.13. The molecule has 1 saturated carbocycles. The van der Waals surface area contributed by atoms with E-state index < -0.39 is 5.54 Å². The zero-order valence-electron chi connectivity index (χ0n) is 16.6. The van der Waals surface area contributed by atoms with Crippen LogP contribution >= 0.6 is 11.3 Å². The van der Waals surface area contributed by atoms with E-state index in [0.29, 0.717) is 13.0 Å². The van der Waals surface area contributed by atoms with Crippen LogP contribution in [0, 0.1) is 0 Å². The lowest BCUT2D eigenvalue weighted by Crippen LogP contribution is -2.60. The van der Waals surface area contributed by atoms with Gasteiger partial charge in [-0.25, -0.2) is 4.98 Å². The Balaban J connectivity index is 1.88. The van der Waals surface area contributed by atoms with Crippen LogP contribution in [-0.4, -0.2) is 38.3 Å². The number of nitrogens with zero attached hydrogens (tertiary/aromatic N) is 3. The molecule has 2 aromatic heterocycles. The summed E-state index contributed by atoms with van der Waals surface area (Å²) in [6.07, 6.45) is 10.5. The molecule has 1 aliphatic carbocycles. The van der Waals surface area contributed by atoms with Gasteiger partial charge in [-0.2, -0.15) is 0 Å². The average Bonchev–Trinajstić information content (AvgIpc) is 3.25. The molecule has 1 atom stereocenters. The number of amides is 2. The Hall–Kier alpha value is -2.28. The number of rotatable bonds is 7. The van der Waals surface area contributed by atoms with Crippen LogP contribution in [0.3, 0.4) is 0 Å². The zero-order chi connectivity index (χ0) is 20.0. The van der Waals surface area contributed by atoms with Crippen molar-refractivity contribution in [3.05, 3.63) is 46.7 Å². The van der Waals surface area contributed by atoms with E-state index in [1.807, 2.05) is 31.4 Å². The number of nitrogens with one attached hydrogen (secondary N) is 1. The normalized spacial score (nSPS) is 16.9. The van der Waals surface area contributed by atoms with E-state index >= 15 is 0 Å². The van der Waals surface area contributed by atoms with Crippen LogP contribution in [0.1, 0.15) is 67.7 Å². The molecule has 6 nitrogen and oxygen atoms in total. The summed E-state index contributed by atoms with van der Waals surface area (Å²) in [5.74, 6) is -0.361. The lowest BCUT2D eigenvalue weighted by atomic mass is 9.91. The molecule has 150 valence electrons. The van der Waals surface area contributed by atoms with Crippen molar-refractivity contribution < 1.29 is 9.59 Å². The van der Waals surface area contributed by atoms with E-state index in [1.54, 1.807) is 16.2 Å². The monoisotopic (exact) mass is 400 g/mol.